The number of carboxylic acids is 1. The van der Waals surface area contributed by atoms with Crippen LogP contribution >= 0.6 is 0 Å². The fraction of sp³-hybridized carbons (Fsp3) is 0.417. The maximum Gasteiger partial charge on any atom is 0.405 e. The summed E-state index contributed by atoms with van der Waals surface area (Å²) in [6.45, 7) is 1.02. The molecule has 100 valence electrons. The van der Waals surface area contributed by atoms with E-state index < -0.39 is 24.7 Å². The zero-order valence-corrected chi connectivity index (χ0v) is 9.70. The predicted molar refractivity (Wildman–Crippen MR) is 58.5 cm³/mol. The van der Waals surface area contributed by atoms with Crippen LogP contribution in [0.2, 0.25) is 0 Å². The Morgan fingerprint density at radius 3 is 2.28 bits per heavy atom. The van der Waals surface area contributed by atoms with Crippen molar-refractivity contribution >= 4 is 5.97 Å². The molecule has 0 radical (unpaired) electrons. The third kappa shape index (κ3) is 3.94. The molecule has 1 N–H and O–H groups in total. The van der Waals surface area contributed by atoms with Gasteiger partial charge in [-0.2, -0.15) is 13.2 Å². The minimum atomic E-state index is -4.81. The quantitative estimate of drug-likeness (QED) is 0.887. The second-order valence-electron chi connectivity index (χ2n) is 3.74. The van der Waals surface area contributed by atoms with Crippen LogP contribution in [-0.2, 0) is 11.2 Å². The Balaban J connectivity index is 2.64. The number of hydrogen-bond acceptors (Lipinski definition) is 2. The van der Waals surface area contributed by atoms with Gasteiger partial charge in [0, 0.05) is 0 Å². The normalized spacial score (nSPS) is 13.1. The SMILES string of the molecule is CCc1ccc(OCC(C(=O)O)C(F)(F)F)cc1. The molecular formula is C12H13F3O3. The molecule has 0 aliphatic rings. The Labute approximate surface area is 102 Å². The zero-order chi connectivity index (χ0) is 13.8. The Morgan fingerprint density at radius 2 is 1.89 bits per heavy atom. The highest BCUT2D eigenvalue weighted by Gasteiger charge is 2.45. The molecule has 0 amide bonds. The molecule has 1 atom stereocenters. The van der Waals surface area contributed by atoms with Crippen molar-refractivity contribution in [3.63, 3.8) is 0 Å². The summed E-state index contributed by atoms with van der Waals surface area (Å²) in [5.74, 6) is -4.22. The third-order valence-corrected chi connectivity index (χ3v) is 2.44. The van der Waals surface area contributed by atoms with Gasteiger partial charge in [0.25, 0.3) is 0 Å². The van der Waals surface area contributed by atoms with Crippen molar-refractivity contribution in [2.75, 3.05) is 6.61 Å². The largest absolute Gasteiger partial charge is 0.492 e. The van der Waals surface area contributed by atoms with Gasteiger partial charge < -0.3 is 9.84 Å². The zero-order valence-electron chi connectivity index (χ0n) is 9.70. The summed E-state index contributed by atoms with van der Waals surface area (Å²) in [4.78, 5) is 10.5. The van der Waals surface area contributed by atoms with Crippen molar-refractivity contribution in [2.24, 2.45) is 5.92 Å². The standard InChI is InChI=1S/C12H13F3O3/c1-2-8-3-5-9(6-4-8)18-7-10(11(16)17)12(13,14)15/h3-6,10H,2,7H2,1H3,(H,16,17). The molecule has 0 fully saturated rings. The topological polar surface area (TPSA) is 46.5 Å². The van der Waals surface area contributed by atoms with Crippen molar-refractivity contribution in [1.29, 1.82) is 0 Å². The van der Waals surface area contributed by atoms with Crippen LogP contribution in [0.1, 0.15) is 12.5 Å². The highest BCUT2D eigenvalue weighted by molar-refractivity contribution is 5.71. The molecule has 0 heterocycles. The van der Waals surface area contributed by atoms with Gasteiger partial charge in [0.05, 0.1) is 0 Å². The molecule has 0 saturated carbocycles. The predicted octanol–water partition coefficient (Wildman–Crippen LogP) is 2.89. The maximum absolute atomic E-state index is 12.3. The van der Waals surface area contributed by atoms with Crippen LogP contribution in [0.4, 0.5) is 13.2 Å². The number of ether oxygens (including phenoxy) is 1. The van der Waals surface area contributed by atoms with E-state index in [4.69, 9.17) is 9.84 Å². The summed E-state index contributed by atoms with van der Waals surface area (Å²) in [6, 6.07) is 6.49. The van der Waals surface area contributed by atoms with E-state index in [2.05, 4.69) is 0 Å². The van der Waals surface area contributed by atoms with Crippen LogP contribution in [-0.4, -0.2) is 23.9 Å². The van der Waals surface area contributed by atoms with Crippen LogP contribution in [0.5, 0.6) is 5.75 Å². The second kappa shape index (κ2) is 5.75. The van der Waals surface area contributed by atoms with Gasteiger partial charge in [0.15, 0.2) is 5.92 Å². The first-order chi connectivity index (χ1) is 8.34. The maximum atomic E-state index is 12.3. The Bertz CT molecular complexity index is 398. The minimum Gasteiger partial charge on any atom is -0.492 e. The summed E-state index contributed by atoms with van der Waals surface area (Å²) in [5.41, 5.74) is 1.02. The molecule has 0 saturated heterocycles. The van der Waals surface area contributed by atoms with E-state index in [9.17, 15) is 18.0 Å². The van der Waals surface area contributed by atoms with Crippen LogP contribution in [0.25, 0.3) is 0 Å². The van der Waals surface area contributed by atoms with E-state index >= 15 is 0 Å². The van der Waals surface area contributed by atoms with E-state index in [1.165, 1.54) is 12.1 Å². The minimum absolute atomic E-state index is 0.225. The van der Waals surface area contributed by atoms with Crippen LogP contribution in [0.15, 0.2) is 24.3 Å². The van der Waals surface area contributed by atoms with Gasteiger partial charge in [-0.15, -0.1) is 0 Å². The highest BCUT2D eigenvalue weighted by Crippen LogP contribution is 2.27. The van der Waals surface area contributed by atoms with E-state index in [1.54, 1.807) is 12.1 Å². The molecule has 1 aromatic carbocycles. The van der Waals surface area contributed by atoms with Crippen LogP contribution < -0.4 is 4.74 Å². The number of halogens is 3. The van der Waals surface area contributed by atoms with Gasteiger partial charge in [-0.05, 0) is 24.1 Å². The molecule has 1 rings (SSSR count). The molecule has 0 aromatic heterocycles. The lowest BCUT2D eigenvalue weighted by molar-refractivity contribution is -0.198. The van der Waals surface area contributed by atoms with Crippen molar-refractivity contribution in [3.05, 3.63) is 29.8 Å². The third-order valence-electron chi connectivity index (χ3n) is 2.44. The number of hydrogen-bond donors (Lipinski definition) is 1. The number of carbonyl (C=O) groups is 1. The second-order valence-corrected chi connectivity index (χ2v) is 3.74. The average molecular weight is 262 g/mol. The van der Waals surface area contributed by atoms with E-state index in [-0.39, 0.29) is 5.75 Å². The number of aliphatic carboxylic acids is 1. The number of alkyl halides is 3. The number of benzene rings is 1. The van der Waals surface area contributed by atoms with Crippen LogP contribution in [0, 0.1) is 5.92 Å². The van der Waals surface area contributed by atoms with Gasteiger partial charge >= 0.3 is 12.1 Å². The number of aryl methyl sites for hydroxylation is 1. The first-order valence-electron chi connectivity index (χ1n) is 5.36. The number of carboxylic acid groups (broad SMARTS) is 1. The lowest BCUT2D eigenvalue weighted by Crippen LogP contribution is -2.35. The molecule has 18 heavy (non-hydrogen) atoms. The van der Waals surface area contributed by atoms with Gasteiger partial charge in [0.1, 0.15) is 12.4 Å². The highest BCUT2D eigenvalue weighted by atomic mass is 19.4. The lowest BCUT2D eigenvalue weighted by Gasteiger charge is -2.16. The molecule has 0 aliphatic carbocycles. The Morgan fingerprint density at radius 1 is 1.33 bits per heavy atom. The monoisotopic (exact) mass is 262 g/mol. The van der Waals surface area contributed by atoms with Gasteiger partial charge in [0.2, 0.25) is 0 Å². The van der Waals surface area contributed by atoms with E-state index in [1.807, 2.05) is 6.92 Å². The molecule has 0 bridgehead atoms. The summed E-state index contributed by atoms with van der Waals surface area (Å²) >= 11 is 0. The Kier molecular flexibility index (Phi) is 4.58. The van der Waals surface area contributed by atoms with Gasteiger partial charge in [-0.25, -0.2) is 0 Å². The molecule has 6 heteroatoms. The van der Waals surface area contributed by atoms with E-state index in [0.717, 1.165) is 12.0 Å². The lowest BCUT2D eigenvalue weighted by atomic mass is 10.1. The van der Waals surface area contributed by atoms with Crippen LogP contribution in [0.3, 0.4) is 0 Å². The van der Waals surface area contributed by atoms with Crippen molar-refractivity contribution < 1.29 is 27.8 Å². The van der Waals surface area contributed by atoms with Gasteiger partial charge in [-0.3, -0.25) is 4.79 Å². The first-order valence-corrected chi connectivity index (χ1v) is 5.36. The molecule has 3 nitrogen and oxygen atoms in total. The molecular weight excluding hydrogens is 249 g/mol. The van der Waals surface area contributed by atoms with Crippen molar-refractivity contribution in [2.45, 2.75) is 19.5 Å². The first kappa shape index (κ1) is 14.3. The summed E-state index contributed by atoms with van der Waals surface area (Å²) < 4.78 is 41.8. The van der Waals surface area contributed by atoms with Crippen molar-refractivity contribution in [1.82, 2.24) is 0 Å². The van der Waals surface area contributed by atoms with Gasteiger partial charge in [-0.1, -0.05) is 19.1 Å². The summed E-state index contributed by atoms with van der Waals surface area (Å²) in [6.07, 6.45) is -4.00. The van der Waals surface area contributed by atoms with Crippen molar-refractivity contribution in [3.8, 4) is 5.75 Å². The summed E-state index contributed by atoms with van der Waals surface area (Å²) in [5, 5.41) is 8.47. The fourth-order valence-electron chi connectivity index (χ4n) is 1.31. The van der Waals surface area contributed by atoms with E-state index in [0.29, 0.717) is 0 Å². The molecule has 0 spiro atoms. The number of rotatable bonds is 5. The summed E-state index contributed by atoms with van der Waals surface area (Å²) in [7, 11) is 0. The molecule has 0 aliphatic heterocycles. The fourth-order valence-corrected chi connectivity index (χ4v) is 1.31. The Hall–Kier alpha value is -1.72. The molecule has 1 aromatic rings. The average Bonchev–Trinajstić information content (AvgIpc) is 2.28. The molecule has 1 unspecified atom stereocenters. The smallest absolute Gasteiger partial charge is 0.405 e.